The van der Waals surface area contributed by atoms with Gasteiger partial charge in [0.05, 0.1) is 0 Å². The van der Waals surface area contributed by atoms with Crippen molar-refractivity contribution in [2.24, 2.45) is 11.8 Å². The van der Waals surface area contributed by atoms with Crippen molar-refractivity contribution in [3.05, 3.63) is 0 Å². The molecule has 4 nitrogen and oxygen atoms in total. The fourth-order valence-corrected chi connectivity index (χ4v) is 6.59. The van der Waals surface area contributed by atoms with Crippen molar-refractivity contribution in [1.29, 1.82) is 0 Å². The molecule has 0 spiro atoms. The first-order valence-corrected chi connectivity index (χ1v) is 9.15. The van der Waals surface area contributed by atoms with Crippen LogP contribution in [0.5, 0.6) is 0 Å². The number of rotatable bonds is 4. The van der Waals surface area contributed by atoms with Crippen LogP contribution in [0.1, 0.15) is 51.4 Å². The summed E-state index contributed by atoms with van der Waals surface area (Å²) in [4.78, 5) is 23.3. The zero-order valence-electron chi connectivity index (χ0n) is 11.1. The zero-order valence-corrected chi connectivity index (χ0v) is 12.8. The van der Waals surface area contributed by atoms with E-state index in [2.05, 4.69) is 0 Å². The molecule has 0 bridgehead atoms. The van der Waals surface area contributed by atoms with Crippen molar-refractivity contribution in [3.8, 4) is 0 Å². The van der Waals surface area contributed by atoms with Crippen LogP contribution in [0.2, 0.25) is 9.63 Å². The summed E-state index contributed by atoms with van der Waals surface area (Å²) < 4.78 is 0. The van der Waals surface area contributed by atoms with E-state index in [1.807, 2.05) is 0 Å². The van der Waals surface area contributed by atoms with Crippen LogP contribution in [0.25, 0.3) is 0 Å². The van der Waals surface area contributed by atoms with Gasteiger partial charge in [-0.15, -0.1) is 0 Å². The molecule has 2 rings (SSSR count). The number of aliphatic carboxylic acids is 2. The summed E-state index contributed by atoms with van der Waals surface area (Å²) in [6, 6.07) is 0. The molecule has 0 atom stereocenters. The predicted octanol–water partition coefficient (Wildman–Crippen LogP) is 2.82. The fourth-order valence-electron chi connectivity index (χ4n) is 3.16. The number of carboxylic acids is 2. The van der Waals surface area contributed by atoms with Crippen molar-refractivity contribution in [2.45, 2.75) is 61.0 Å². The Kier molecular flexibility index (Phi) is 5.28. The first-order valence-electron chi connectivity index (χ1n) is 7.17. The Bertz CT molecular complexity index is 296. The van der Waals surface area contributed by atoms with Crippen molar-refractivity contribution < 1.29 is 19.8 Å². The molecule has 0 radical (unpaired) electrons. The average Bonchev–Trinajstić information content (AvgIpc) is 2.40. The quantitative estimate of drug-likeness (QED) is 0.776. The number of carbonyl (C=O) groups is 2. The fraction of sp³-hybridized carbons (Fsp3) is 0.857. The Morgan fingerprint density at radius 1 is 0.684 bits per heavy atom. The second kappa shape index (κ2) is 6.76. The third-order valence-electron chi connectivity index (χ3n) is 4.43. The summed E-state index contributed by atoms with van der Waals surface area (Å²) in [5.74, 6) is -1.49. The summed E-state index contributed by atoms with van der Waals surface area (Å²) in [7, 11) is 0. The summed E-state index contributed by atoms with van der Waals surface area (Å²) in [5.41, 5.74) is 0. The molecule has 108 valence electrons. The summed E-state index contributed by atoms with van der Waals surface area (Å²) >= 11 is 0.576. The van der Waals surface area contributed by atoms with Gasteiger partial charge >= 0.3 is 120 Å². The van der Waals surface area contributed by atoms with Crippen molar-refractivity contribution in [1.82, 2.24) is 0 Å². The molecular formula is C14H22O4Se. The molecule has 2 N–H and O–H groups in total. The van der Waals surface area contributed by atoms with E-state index < -0.39 is 11.9 Å². The van der Waals surface area contributed by atoms with Crippen LogP contribution >= 0.6 is 0 Å². The Balaban J connectivity index is 1.69. The van der Waals surface area contributed by atoms with E-state index in [1.165, 1.54) is 0 Å². The molecule has 0 amide bonds. The SMILES string of the molecule is O=C(O)C1CCC([Se]C2CCC(C(=O)O)CC2)CC1. The normalized spacial score (nSPS) is 35.8. The summed E-state index contributed by atoms with van der Waals surface area (Å²) in [6.45, 7) is 0. The van der Waals surface area contributed by atoms with Crippen LogP contribution in [-0.4, -0.2) is 37.1 Å². The molecule has 0 unspecified atom stereocenters. The molecular weight excluding hydrogens is 311 g/mol. The van der Waals surface area contributed by atoms with Crippen LogP contribution in [0, 0.1) is 11.8 Å². The molecule has 0 aliphatic heterocycles. The van der Waals surface area contributed by atoms with Crippen LogP contribution in [0.15, 0.2) is 0 Å². The van der Waals surface area contributed by atoms with Gasteiger partial charge in [-0.2, -0.15) is 0 Å². The van der Waals surface area contributed by atoms with Crippen molar-refractivity contribution in [3.63, 3.8) is 0 Å². The zero-order chi connectivity index (χ0) is 13.8. The number of hydrogen-bond acceptors (Lipinski definition) is 2. The average molecular weight is 333 g/mol. The molecule has 0 aromatic heterocycles. The molecule has 0 heterocycles. The second-order valence-corrected chi connectivity index (χ2v) is 9.13. The summed E-state index contributed by atoms with van der Waals surface area (Å²) in [6.07, 6.45) is 7.62. The van der Waals surface area contributed by atoms with E-state index in [-0.39, 0.29) is 11.8 Å². The monoisotopic (exact) mass is 334 g/mol. The van der Waals surface area contributed by atoms with Gasteiger partial charge in [-0.3, -0.25) is 0 Å². The van der Waals surface area contributed by atoms with Gasteiger partial charge in [-0.25, -0.2) is 0 Å². The molecule has 2 saturated carbocycles. The van der Waals surface area contributed by atoms with Crippen LogP contribution in [-0.2, 0) is 9.59 Å². The van der Waals surface area contributed by atoms with Gasteiger partial charge in [0.1, 0.15) is 0 Å². The molecule has 0 aromatic carbocycles. The third-order valence-corrected chi connectivity index (χ3v) is 8.02. The molecule has 2 aliphatic rings. The van der Waals surface area contributed by atoms with E-state index in [9.17, 15) is 9.59 Å². The molecule has 2 aliphatic carbocycles. The van der Waals surface area contributed by atoms with Crippen molar-refractivity contribution >= 4 is 26.9 Å². The molecule has 0 aromatic rings. The Morgan fingerprint density at radius 3 is 1.26 bits per heavy atom. The Morgan fingerprint density at radius 2 is 1.00 bits per heavy atom. The number of hydrogen-bond donors (Lipinski definition) is 2. The van der Waals surface area contributed by atoms with Gasteiger partial charge in [0.2, 0.25) is 0 Å². The number of carboxylic acid groups (broad SMARTS) is 2. The van der Waals surface area contributed by atoms with Crippen LogP contribution < -0.4 is 0 Å². The van der Waals surface area contributed by atoms with E-state index in [0.29, 0.717) is 15.0 Å². The second-order valence-electron chi connectivity index (χ2n) is 5.76. The molecule has 19 heavy (non-hydrogen) atoms. The molecule has 5 heteroatoms. The van der Waals surface area contributed by atoms with E-state index in [0.717, 1.165) is 61.0 Å². The van der Waals surface area contributed by atoms with Gasteiger partial charge in [-0.05, 0) is 0 Å². The molecule has 0 saturated heterocycles. The molecule has 2 fully saturated rings. The van der Waals surface area contributed by atoms with Crippen LogP contribution in [0.3, 0.4) is 0 Å². The van der Waals surface area contributed by atoms with Gasteiger partial charge in [0.15, 0.2) is 0 Å². The summed E-state index contributed by atoms with van der Waals surface area (Å²) in [5, 5.41) is 18.0. The van der Waals surface area contributed by atoms with Gasteiger partial charge in [-0.1, -0.05) is 0 Å². The van der Waals surface area contributed by atoms with Gasteiger partial charge in [0.25, 0.3) is 0 Å². The Labute approximate surface area is 120 Å². The first-order chi connectivity index (χ1) is 9.06. The third kappa shape index (κ3) is 4.22. The van der Waals surface area contributed by atoms with E-state index in [4.69, 9.17) is 10.2 Å². The minimum atomic E-state index is -0.632. The van der Waals surface area contributed by atoms with Crippen LogP contribution in [0.4, 0.5) is 0 Å². The minimum absolute atomic E-state index is 0.116. The van der Waals surface area contributed by atoms with Gasteiger partial charge in [0, 0.05) is 0 Å². The van der Waals surface area contributed by atoms with E-state index in [1.54, 1.807) is 0 Å². The predicted molar refractivity (Wildman–Crippen MR) is 72.4 cm³/mol. The van der Waals surface area contributed by atoms with E-state index >= 15 is 0 Å². The topological polar surface area (TPSA) is 74.6 Å². The first kappa shape index (κ1) is 14.9. The van der Waals surface area contributed by atoms with Gasteiger partial charge < -0.3 is 0 Å². The maximum absolute atomic E-state index is 10.9. The van der Waals surface area contributed by atoms with Crippen molar-refractivity contribution in [2.75, 3.05) is 0 Å². The standard InChI is InChI=1S/C14H22O4Se/c15-13(16)9-1-5-11(6-2-9)19-12-7-3-10(4-8-12)14(17)18/h9-12H,1-8H2,(H,15,16)(H,17,18). The maximum atomic E-state index is 10.9. The Hall–Kier alpha value is -0.541.